The normalized spacial score (nSPS) is 17.1. The van der Waals surface area contributed by atoms with Gasteiger partial charge in [0.1, 0.15) is 5.82 Å². The van der Waals surface area contributed by atoms with Crippen LogP contribution in [0.5, 0.6) is 0 Å². The molecule has 28 heavy (non-hydrogen) atoms. The third-order valence-electron chi connectivity index (χ3n) is 5.38. The number of aryl methyl sites for hydroxylation is 2. The lowest BCUT2D eigenvalue weighted by atomic mass is 10.2. The Morgan fingerprint density at radius 1 is 0.929 bits per heavy atom. The molecule has 148 valence electrons. The fraction of sp³-hybridized carbons (Fsp3) is 0.476. The number of benzene rings is 1. The number of hydrogen-bond acceptors (Lipinski definition) is 5. The van der Waals surface area contributed by atoms with Crippen molar-refractivity contribution in [1.82, 2.24) is 14.9 Å². The van der Waals surface area contributed by atoms with Crippen molar-refractivity contribution in [3.8, 4) is 0 Å². The topological polar surface area (TPSA) is 64.6 Å². The molecule has 1 aromatic heterocycles. The van der Waals surface area contributed by atoms with Gasteiger partial charge in [-0.15, -0.1) is 0 Å². The van der Waals surface area contributed by atoms with Crippen molar-refractivity contribution in [2.45, 2.75) is 26.7 Å². The zero-order valence-electron chi connectivity index (χ0n) is 16.7. The zero-order valence-corrected chi connectivity index (χ0v) is 16.7. The first-order valence-electron chi connectivity index (χ1n) is 10.1. The second-order valence-electron chi connectivity index (χ2n) is 7.64. The molecule has 4 rings (SSSR count). The number of urea groups is 1. The van der Waals surface area contributed by atoms with Gasteiger partial charge in [-0.25, -0.2) is 9.78 Å². The summed E-state index contributed by atoms with van der Waals surface area (Å²) in [5, 5.41) is 2.99. The molecule has 1 aromatic carbocycles. The van der Waals surface area contributed by atoms with E-state index in [1.54, 1.807) is 0 Å². The molecule has 3 heterocycles. The first kappa shape index (κ1) is 18.5. The number of nitrogens with one attached hydrogen (secondary N) is 1. The Morgan fingerprint density at radius 3 is 2.39 bits per heavy atom. The number of hydrogen-bond donors (Lipinski definition) is 1. The van der Waals surface area contributed by atoms with Crippen LogP contribution in [-0.4, -0.2) is 60.2 Å². The fourth-order valence-corrected chi connectivity index (χ4v) is 3.82. The third kappa shape index (κ3) is 4.18. The summed E-state index contributed by atoms with van der Waals surface area (Å²) in [6, 6.07) is 9.90. The number of carbonyl (C=O) groups excluding carboxylic acids is 1. The highest BCUT2D eigenvalue weighted by molar-refractivity contribution is 5.89. The summed E-state index contributed by atoms with van der Waals surface area (Å²) in [5.41, 5.74) is 2.96. The van der Waals surface area contributed by atoms with E-state index in [-0.39, 0.29) is 6.03 Å². The van der Waals surface area contributed by atoms with E-state index in [2.05, 4.69) is 26.2 Å². The van der Waals surface area contributed by atoms with Gasteiger partial charge in [-0.3, -0.25) is 0 Å². The van der Waals surface area contributed by atoms with Gasteiger partial charge in [-0.2, -0.15) is 4.98 Å². The molecule has 0 unspecified atom stereocenters. The molecule has 2 saturated heterocycles. The molecule has 1 N–H and O–H groups in total. The molecule has 2 aliphatic heterocycles. The summed E-state index contributed by atoms with van der Waals surface area (Å²) in [5.74, 6) is 1.81. The molecule has 0 atom stereocenters. The van der Waals surface area contributed by atoms with Crippen LogP contribution in [0.25, 0.3) is 0 Å². The second kappa shape index (κ2) is 8.04. The molecule has 2 aliphatic rings. The van der Waals surface area contributed by atoms with Crippen LogP contribution in [0.4, 0.5) is 22.2 Å². The van der Waals surface area contributed by atoms with Crippen LogP contribution in [0, 0.1) is 13.8 Å². The molecule has 0 spiro atoms. The van der Waals surface area contributed by atoms with E-state index < -0.39 is 0 Å². The predicted octanol–water partition coefficient (Wildman–Crippen LogP) is 3.05. The highest BCUT2D eigenvalue weighted by Gasteiger charge is 2.24. The van der Waals surface area contributed by atoms with E-state index >= 15 is 0 Å². The van der Waals surface area contributed by atoms with Gasteiger partial charge >= 0.3 is 6.03 Å². The summed E-state index contributed by atoms with van der Waals surface area (Å²) in [6.07, 6.45) is 2.46. The van der Waals surface area contributed by atoms with E-state index in [0.29, 0.717) is 13.1 Å². The molecule has 2 aromatic rings. The van der Waals surface area contributed by atoms with Gasteiger partial charge in [-0.05, 0) is 44.4 Å². The van der Waals surface area contributed by atoms with E-state index in [9.17, 15) is 4.79 Å². The second-order valence-corrected chi connectivity index (χ2v) is 7.64. The van der Waals surface area contributed by atoms with Crippen LogP contribution in [0.1, 0.15) is 24.1 Å². The number of rotatable bonds is 3. The molecule has 0 bridgehead atoms. The lowest BCUT2D eigenvalue weighted by Crippen LogP contribution is -2.50. The molecular weight excluding hydrogens is 352 g/mol. The quantitative estimate of drug-likeness (QED) is 0.887. The maximum absolute atomic E-state index is 12.6. The Hall–Kier alpha value is -2.83. The zero-order chi connectivity index (χ0) is 19.5. The van der Waals surface area contributed by atoms with Crippen LogP contribution in [0.2, 0.25) is 0 Å². The lowest BCUT2D eigenvalue weighted by molar-refractivity contribution is 0.208. The van der Waals surface area contributed by atoms with Crippen molar-refractivity contribution in [2.24, 2.45) is 0 Å². The summed E-state index contributed by atoms with van der Waals surface area (Å²) in [4.78, 5) is 28.4. The van der Waals surface area contributed by atoms with Gasteiger partial charge in [0.05, 0.1) is 0 Å². The monoisotopic (exact) mass is 380 g/mol. The van der Waals surface area contributed by atoms with Crippen molar-refractivity contribution in [3.05, 3.63) is 41.6 Å². The number of amides is 2. The number of aromatic nitrogens is 2. The van der Waals surface area contributed by atoms with Crippen LogP contribution >= 0.6 is 0 Å². The Bertz CT molecular complexity index is 841. The first-order valence-corrected chi connectivity index (χ1v) is 10.1. The molecule has 7 nitrogen and oxygen atoms in total. The largest absolute Gasteiger partial charge is 0.356 e. The van der Waals surface area contributed by atoms with Crippen molar-refractivity contribution < 1.29 is 4.79 Å². The molecule has 0 saturated carbocycles. The number of piperazine rings is 1. The average Bonchev–Trinajstić information content (AvgIpc) is 3.22. The minimum atomic E-state index is -0.0480. The summed E-state index contributed by atoms with van der Waals surface area (Å²) >= 11 is 0. The molecule has 0 aliphatic carbocycles. The van der Waals surface area contributed by atoms with Crippen molar-refractivity contribution in [1.29, 1.82) is 0 Å². The Labute approximate surface area is 166 Å². The maximum atomic E-state index is 12.6. The fourth-order valence-electron chi connectivity index (χ4n) is 3.82. The number of anilines is 3. The molecule has 2 fully saturated rings. The van der Waals surface area contributed by atoms with E-state index in [4.69, 9.17) is 4.98 Å². The minimum Gasteiger partial charge on any atom is -0.356 e. The number of carbonyl (C=O) groups is 1. The Kier molecular flexibility index (Phi) is 5.32. The Morgan fingerprint density at radius 2 is 1.68 bits per heavy atom. The summed E-state index contributed by atoms with van der Waals surface area (Å²) in [6.45, 7) is 8.99. The highest BCUT2D eigenvalue weighted by Crippen LogP contribution is 2.22. The van der Waals surface area contributed by atoms with Gasteiger partial charge in [-0.1, -0.05) is 12.1 Å². The molecular formula is C21H28N6O. The summed E-state index contributed by atoms with van der Waals surface area (Å²) < 4.78 is 0. The van der Waals surface area contributed by atoms with Crippen LogP contribution in [0.3, 0.4) is 0 Å². The minimum absolute atomic E-state index is 0.0480. The van der Waals surface area contributed by atoms with E-state index in [0.717, 1.165) is 54.9 Å². The maximum Gasteiger partial charge on any atom is 0.321 e. The van der Waals surface area contributed by atoms with Crippen LogP contribution in [0.15, 0.2) is 30.3 Å². The molecule has 2 amide bonds. The van der Waals surface area contributed by atoms with Crippen LogP contribution < -0.4 is 15.1 Å². The molecule has 7 heteroatoms. The van der Waals surface area contributed by atoms with Gasteiger partial charge in [0.2, 0.25) is 5.95 Å². The number of nitrogens with zero attached hydrogens (tertiary/aromatic N) is 5. The van der Waals surface area contributed by atoms with Gasteiger partial charge in [0.15, 0.2) is 0 Å². The SMILES string of the molecule is Cc1cccc(NC(=O)N2CCN(c3nc(C)cc(N4CCCC4)n3)CC2)c1. The van der Waals surface area contributed by atoms with Crippen molar-refractivity contribution in [3.63, 3.8) is 0 Å². The van der Waals surface area contributed by atoms with Crippen molar-refractivity contribution >= 4 is 23.5 Å². The first-order chi connectivity index (χ1) is 13.6. The van der Waals surface area contributed by atoms with Crippen LogP contribution in [-0.2, 0) is 0 Å². The Balaban J connectivity index is 1.38. The standard InChI is InChI=1S/C21H28N6O/c1-16-6-5-7-18(14-16)23-21(28)27-12-10-26(11-13-27)20-22-17(2)15-19(24-20)25-8-3-4-9-25/h5-7,14-15H,3-4,8-13H2,1-2H3,(H,23,28). The van der Waals surface area contributed by atoms with Gasteiger partial charge < -0.3 is 20.0 Å². The van der Waals surface area contributed by atoms with E-state index in [1.165, 1.54) is 12.8 Å². The van der Waals surface area contributed by atoms with E-state index in [1.807, 2.05) is 43.0 Å². The van der Waals surface area contributed by atoms with Gasteiger partial charge in [0, 0.05) is 56.7 Å². The van der Waals surface area contributed by atoms with Gasteiger partial charge in [0.25, 0.3) is 0 Å². The van der Waals surface area contributed by atoms with Crippen molar-refractivity contribution in [2.75, 3.05) is 54.4 Å². The highest BCUT2D eigenvalue weighted by atomic mass is 16.2. The molecule has 0 radical (unpaired) electrons. The lowest BCUT2D eigenvalue weighted by Gasteiger charge is -2.35. The summed E-state index contributed by atoms with van der Waals surface area (Å²) in [7, 11) is 0. The third-order valence-corrected chi connectivity index (χ3v) is 5.38. The predicted molar refractivity (Wildman–Crippen MR) is 112 cm³/mol. The smallest absolute Gasteiger partial charge is 0.321 e. The average molecular weight is 380 g/mol.